The van der Waals surface area contributed by atoms with E-state index in [1.54, 1.807) is 0 Å². The van der Waals surface area contributed by atoms with Crippen molar-refractivity contribution in [1.29, 1.82) is 0 Å². The van der Waals surface area contributed by atoms with Gasteiger partial charge in [0.25, 0.3) is 0 Å². The number of benzene rings is 3. The van der Waals surface area contributed by atoms with E-state index in [1.165, 1.54) is 11.1 Å². The molecule has 0 spiro atoms. The van der Waals surface area contributed by atoms with Gasteiger partial charge in [0.05, 0.1) is 6.61 Å². The number of hydrogen-bond acceptors (Lipinski definition) is 2. The van der Waals surface area contributed by atoms with Crippen molar-refractivity contribution in [2.45, 2.75) is 32.1 Å². The normalized spacial score (nSPS) is 10.4. The summed E-state index contributed by atoms with van der Waals surface area (Å²) in [5, 5.41) is 2.95. The van der Waals surface area contributed by atoms with Gasteiger partial charge in [0.15, 0.2) is 0 Å². The highest BCUT2D eigenvalue weighted by atomic mass is 16.5. The number of rotatable bonds is 10. The lowest BCUT2D eigenvalue weighted by Crippen LogP contribution is -2.11. The largest absolute Gasteiger partial charge is 0.494 e. The first kappa shape index (κ1) is 19.7. The molecule has 3 aromatic rings. The number of aryl methyl sites for hydroxylation is 2. The first-order valence-corrected chi connectivity index (χ1v) is 9.90. The summed E-state index contributed by atoms with van der Waals surface area (Å²) in [5.74, 6) is 0.877. The average molecular weight is 373 g/mol. The Hall–Kier alpha value is -3.07. The van der Waals surface area contributed by atoms with Crippen LogP contribution < -0.4 is 10.1 Å². The summed E-state index contributed by atoms with van der Waals surface area (Å²) < 4.78 is 5.79. The monoisotopic (exact) mass is 373 g/mol. The Labute approximate surface area is 167 Å². The van der Waals surface area contributed by atoms with E-state index in [2.05, 4.69) is 41.7 Å². The molecule has 3 aromatic carbocycles. The van der Waals surface area contributed by atoms with Crippen LogP contribution in [0.1, 0.15) is 30.4 Å². The van der Waals surface area contributed by atoms with Crippen molar-refractivity contribution in [2.24, 2.45) is 0 Å². The van der Waals surface area contributed by atoms with E-state index in [0.717, 1.165) is 37.1 Å². The van der Waals surface area contributed by atoms with Crippen LogP contribution in [0.25, 0.3) is 0 Å². The van der Waals surface area contributed by atoms with Gasteiger partial charge in [0.1, 0.15) is 5.75 Å². The molecule has 0 heterocycles. The molecule has 0 bridgehead atoms. The third kappa shape index (κ3) is 6.92. The van der Waals surface area contributed by atoms with Gasteiger partial charge in [-0.2, -0.15) is 0 Å². The molecule has 3 heteroatoms. The maximum atomic E-state index is 12.1. The average Bonchev–Trinajstić information content (AvgIpc) is 2.74. The maximum absolute atomic E-state index is 12.1. The van der Waals surface area contributed by atoms with Gasteiger partial charge in [-0.15, -0.1) is 0 Å². The molecule has 0 aliphatic heterocycles. The lowest BCUT2D eigenvalue weighted by molar-refractivity contribution is -0.116. The predicted octanol–water partition coefficient (Wildman–Crippen LogP) is 5.66. The van der Waals surface area contributed by atoms with Crippen LogP contribution in [0.5, 0.6) is 5.75 Å². The highest BCUT2D eigenvalue weighted by Gasteiger charge is 2.03. The van der Waals surface area contributed by atoms with Gasteiger partial charge in [0.2, 0.25) is 5.91 Å². The Morgan fingerprint density at radius 1 is 0.714 bits per heavy atom. The first-order chi connectivity index (χ1) is 13.8. The standard InChI is InChI=1S/C25H27NO2/c27-25(15-7-13-21-9-3-1-4-10-21)26-23-16-18-24(19-17-23)28-20-8-14-22-11-5-2-6-12-22/h1-6,9-12,16-19H,7-8,13-15,20H2,(H,26,27). The van der Waals surface area contributed by atoms with Crippen LogP contribution in [0.2, 0.25) is 0 Å². The van der Waals surface area contributed by atoms with E-state index in [9.17, 15) is 4.79 Å². The van der Waals surface area contributed by atoms with Crippen LogP contribution in [-0.4, -0.2) is 12.5 Å². The van der Waals surface area contributed by atoms with Gasteiger partial charge in [0, 0.05) is 12.1 Å². The maximum Gasteiger partial charge on any atom is 0.224 e. The quantitative estimate of drug-likeness (QED) is 0.466. The number of carbonyl (C=O) groups is 1. The number of carbonyl (C=O) groups excluding carboxylic acids is 1. The molecule has 28 heavy (non-hydrogen) atoms. The Kier molecular flexibility index (Phi) is 7.68. The third-order valence-corrected chi connectivity index (χ3v) is 4.57. The molecule has 0 unspecified atom stereocenters. The molecule has 0 aromatic heterocycles. The van der Waals surface area contributed by atoms with E-state index in [-0.39, 0.29) is 5.91 Å². The fraction of sp³-hybridized carbons (Fsp3) is 0.240. The predicted molar refractivity (Wildman–Crippen MR) is 115 cm³/mol. The molecule has 1 amide bonds. The Morgan fingerprint density at radius 3 is 1.89 bits per heavy atom. The molecular formula is C25H27NO2. The second kappa shape index (κ2) is 10.9. The van der Waals surface area contributed by atoms with Crippen molar-refractivity contribution in [3.63, 3.8) is 0 Å². The Morgan fingerprint density at radius 2 is 1.29 bits per heavy atom. The molecule has 0 aliphatic carbocycles. The zero-order valence-corrected chi connectivity index (χ0v) is 16.1. The van der Waals surface area contributed by atoms with Gasteiger partial charge in [-0.3, -0.25) is 4.79 Å². The molecule has 3 rings (SSSR count). The minimum absolute atomic E-state index is 0.0486. The van der Waals surface area contributed by atoms with Gasteiger partial charge in [-0.05, 0) is 61.1 Å². The Bertz CT molecular complexity index is 829. The topological polar surface area (TPSA) is 38.3 Å². The summed E-state index contributed by atoms with van der Waals surface area (Å²) >= 11 is 0. The Balaban J connectivity index is 1.33. The summed E-state index contributed by atoms with van der Waals surface area (Å²) in [6.45, 7) is 0.681. The number of ether oxygens (including phenoxy) is 1. The fourth-order valence-electron chi connectivity index (χ4n) is 3.07. The van der Waals surface area contributed by atoms with Crippen LogP contribution in [0, 0.1) is 0 Å². The van der Waals surface area contributed by atoms with Crippen molar-refractivity contribution >= 4 is 11.6 Å². The summed E-state index contributed by atoms with van der Waals surface area (Å²) in [6.07, 6.45) is 4.27. The molecule has 1 N–H and O–H groups in total. The minimum Gasteiger partial charge on any atom is -0.494 e. The van der Waals surface area contributed by atoms with E-state index in [4.69, 9.17) is 4.74 Å². The smallest absolute Gasteiger partial charge is 0.224 e. The molecule has 0 radical (unpaired) electrons. The molecule has 0 saturated heterocycles. The zero-order valence-electron chi connectivity index (χ0n) is 16.1. The second-order valence-electron chi connectivity index (χ2n) is 6.85. The van der Waals surface area contributed by atoms with E-state index >= 15 is 0 Å². The number of hydrogen-bond donors (Lipinski definition) is 1. The summed E-state index contributed by atoms with van der Waals surface area (Å²) in [5.41, 5.74) is 3.40. The number of anilines is 1. The van der Waals surface area contributed by atoms with Crippen LogP contribution >= 0.6 is 0 Å². The molecule has 0 atom stereocenters. The van der Waals surface area contributed by atoms with E-state index in [1.807, 2.05) is 48.5 Å². The molecular weight excluding hydrogens is 346 g/mol. The number of amides is 1. The van der Waals surface area contributed by atoms with Gasteiger partial charge in [-0.25, -0.2) is 0 Å². The molecule has 144 valence electrons. The van der Waals surface area contributed by atoms with Crippen molar-refractivity contribution in [3.8, 4) is 5.75 Å². The highest BCUT2D eigenvalue weighted by molar-refractivity contribution is 5.90. The second-order valence-corrected chi connectivity index (χ2v) is 6.85. The van der Waals surface area contributed by atoms with Crippen molar-refractivity contribution in [2.75, 3.05) is 11.9 Å². The summed E-state index contributed by atoms with van der Waals surface area (Å²) in [7, 11) is 0. The van der Waals surface area contributed by atoms with Crippen LogP contribution in [0.3, 0.4) is 0 Å². The summed E-state index contributed by atoms with van der Waals surface area (Å²) in [6, 6.07) is 28.3. The van der Waals surface area contributed by atoms with Gasteiger partial charge in [-0.1, -0.05) is 60.7 Å². The van der Waals surface area contributed by atoms with Gasteiger partial charge >= 0.3 is 0 Å². The lowest BCUT2D eigenvalue weighted by Gasteiger charge is -2.09. The molecule has 0 fully saturated rings. The van der Waals surface area contributed by atoms with E-state index in [0.29, 0.717) is 13.0 Å². The van der Waals surface area contributed by atoms with Crippen molar-refractivity contribution in [1.82, 2.24) is 0 Å². The van der Waals surface area contributed by atoms with Gasteiger partial charge < -0.3 is 10.1 Å². The SMILES string of the molecule is O=C(CCCc1ccccc1)Nc1ccc(OCCCc2ccccc2)cc1. The lowest BCUT2D eigenvalue weighted by atomic mass is 10.1. The molecule has 3 nitrogen and oxygen atoms in total. The highest BCUT2D eigenvalue weighted by Crippen LogP contribution is 2.17. The zero-order chi connectivity index (χ0) is 19.4. The van der Waals surface area contributed by atoms with Crippen molar-refractivity contribution in [3.05, 3.63) is 96.1 Å². The first-order valence-electron chi connectivity index (χ1n) is 9.90. The van der Waals surface area contributed by atoms with Crippen LogP contribution in [-0.2, 0) is 17.6 Å². The van der Waals surface area contributed by atoms with Crippen LogP contribution in [0.4, 0.5) is 5.69 Å². The fourth-order valence-corrected chi connectivity index (χ4v) is 3.07. The van der Waals surface area contributed by atoms with Crippen molar-refractivity contribution < 1.29 is 9.53 Å². The molecule has 0 aliphatic rings. The third-order valence-electron chi connectivity index (χ3n) is 4.57. The number of nitrogens with one attached hydrogen (secondary N) is 1. The van der Waals surface area contributed by atoms with E-state index < -0.39 is 0 Å². The summed E-state index contributed by atoms with van der Waals surface area (Å²) in [4.78, 5) is 12.1. The minimum atomic E-state index is 0.0486. The van der Waals surface area contributed by atoms with Crippen LogP contribution in [0.15, 0.2) is 84.9 Å². The molecule has 0 saturated carbocycles.